The van der Waals surface area contributed by atoms with Crippen LogP contribution in [0.15, 0.2) is 17.0 Å². The molecule has 1 saturated heterocycles. The summed E-state index contributed by atoms with van der Waals surface area (Å²) >= 11 is 3.55. The van der Waals surface area contributed by atoms with Crippen molar-refractivity contribution in [3.63, 3.8) is 0 Å². The number of aromatic nitrogens is 1. The minimum Gasteiger partial charge on any atom is -0.390 e. The number of aliphatic hydroxyl groups excluding tert-OH is 1. The van der Waals surface area contributed by atoms with Crippen molar-refractivity contribution in [3.05, 3.63) is 38.0 Å². The van der Waals surface area contributed by atoms with Crippen LogP contribution in [-0.4, -0.2) is 58.7 Å². The molecular weight excluding hydrogens is 326 g/mol. The van der Waals surface area contributed by atoms with Gasteiger partial charge in [-0.05, 0) is 44.3 Å². The molecule has 3 heterocycles. The van der Waals surface area contributed by atoms with Crippen molar-refractivity contribution in [2.24, 2.45) is 0 Å². The Morgan fingerprint density at radius 3 is 2.78 bits per heavy atom. The first-order chi connectivity index (χ1) is 11.0. The highest BCUT2D eigenvalue weighted by molar-refractivity contribution is 7.10. The Bertz CT molecular complexity index is 639. The van der Waals surface area contributed by atoms with Crippen LogP contribution in [0.2, 0.25) is 0 Å². The van der Waals surface area contributed by atoms with Gasteiger partial charge in [-0.3, -0.25) is 9.80 Å². The highest BCUT2D eigenvalue weighted by Crippen LogP contribution is 2.23. The van der Waals surface area contributed by atoms with Gasteiger partial charge in [-0.15, -0.1) is 22.7 Å². The minimum atomic E-state index is -0.261. The number of likely N-dealkylation sites (tertiary alicyclic amines) is 1. The van der Waals surface area contributed by atoms with Crippen molar-refractivity contribution in [3.8, 4) is 0 Å². The Morgan fingerprint density at radius 1 is 1.30 bits per heavy atom. The van der Waals surface area contributed by atoms with Crippen molar-refractivity contribution in [1.82, 2.24) is 14.8 Å². The summed E-state index contributed by atoms with van der Waals surface area (Å²) in [5.41, 5.74) is 4.42. The van der Waals surface area contributed by atoms with Crippen LogP contribution in [0.1, 0.15) is 21.0 Å². The predicted octanol–water partition coefficient (Wildman–Crippen LogP) is 2.54. The Kier molecular flexibility index (Phi) is 5.49. The maximum absolute atomic E-state index is 10.4. The molecule has 1 fully saturated rings. The summed E-state index contributed by atoms with van der Waals surface area (Å²) in [6, 6.07) is 2.40. The van der Waals surface area contributed by atoms with Crippen LogP contribution in [0.25, 0.3) is 0 Å². The largest absolute Gasteiger partial charge is 0.390 e. The van der Waals surface area contributed by atoms with Crippen molar-refractivity contribution in [2.45, 2.75) is 39.0 Å². The van der Waals surface area contributed by atoms with Crippen molar-refractivity contribution < 1.29 is 5.11 Å². The zero-order chi connectivity index (χ0) is 16.4. The zero-order valence-electron chi connectivity index (χ0n) is 14.0. The van der Waals surface area contributed by atoms with Gasteiger partial charge in [0.2, 0.25) is 0 Å². The van der Waals surface area contributed by atoms with E-state index in [1.54, 1.807) is 11.3 Å². The third kappa shape index (κ3) is 4.00. The van der Waals surface area contributed by atoms with Crippen molar-refractivity contribution in [2.75, 3.05) is 26.7 Å². The lowest BCUT2D eigenvalue weighted by molar-refractivity contribution is 0.0994. The Labute approximate surface area is 146 Å². The summed E-state index contributed by atoms with van der Waals surface area (Å²) in [5, 5.41) is 12.6. The second-order valence-electron chi connectivity index (χ2n) is 6.45. The van der Waals surface area contributed by atoms with Crippen LogP contribution in [0, 0.1) is 13.8 Å². The van der Waals surface area contributed by atoms with Crippen LogP contribution < -0.4 is 0 Å². The van der Waals surface area contributed by atoms with Gasteiger partial charge in [0.05, 0.1) is 17.3 Å². The predicted molar refractivity (Wildman–Crippen MR) is 97.3 cm³/mol. The summed E-state index contributed by atoms with van der Waals surface area (Å²) in [6.45, 7) is 7.87. The van der Waals surface area contributed by atoms with Gasteiger partial charge in [0.25, 0.3) is 0 Å². The summed E-state index contributed by atoms with van der Waals surface area (Å²) in [6.07, 6.45) is 0.753. The fourth-order valence-electron chi connectivity index (χ4n) is 3.19. The Balaban J connectivity index is 1.53. The van der Waals surface area contributed by atoms with E-state index in [-0.39, 0.29) is 12.1 Å². The van der Waals surface area contributed by atoms with Crippen molar-refractivity contribution >= 4 is 22.7 Å². The van der Waals surface area contributed by atoms with E-state index in [0.29, 0.717) is 0 Å². The average Bonchev–Trinajstić information content (AvgIpc) is 3.20. The van der Waals surface area contributed by atoms with Crippen molar-refractivity contribution in [1.29, 1.82) is 0 Å². The first-order valence-electron chi connectivity index (χ1n) is 8.07. The molecule has 1 aliphatic heterocycles. The number of nitrogens with zero attached hydrogens (tertiary/aromatic N) is 3. The fraction of sp³-hybridized carbons (Fsp3) is 0.588. The van der Waals surface area contributed by atoms with E-state index in [2.05, 4.69) is 47.1 Å². The first kappa shape index (κ1) is 17.0. The number of thiazole rings is 1. The molecule has 4 nitrogen and oxygen atoms in total. The molecule has 0 amide bonds. The van der Waals surface area contributed by atoms with Crippen LogP contribution in [0.4, 0.5) is 0 Å². The van der Waals surface area contributed by atoms with E-state index in [9.17, 15) is 5.11 Å². The van der Waals surface area contributed by atoms with Gasteiger partial charge < -0.3 is 5.11 Å². The number of hydrogen-bond donors (Lipinski definition) is 1. The molecular formula is C17H25N3OS2. The average molecular weight is 352 g/mol. The highest BCUT2D eigenvalue weighted by Gasteiger charge is 2.34. The normalized spacial score (nSPS) is 22.3. The van der Waals surface area contributed by atoms with E-state index in [1.165, 1.54) is 15.3 Å². The Hall–Kier alpha value is -0.790. The molecule has 3 rings (SSSR count). The van der Waals surface area contributed by atoms with Crippen LogP contribution in [-0.2, 0) is 13.0 Å². The van der Waals surface area contributed by atoms with E-state index >= 15 is 0 Å². The molecule has 2 aromatic heterocycles. The molecule has 2 aromatic rings. The zero-order valence-corrected chi connectivity index (χ0v) is 15.7. The molecule has 1 aliphatic rings. The number of thiophene rings is 1. The second kappa shape index (κ2) is 7.40. The monoisotopic (exact) mass is 351 g/mol. The molecule has 0 aliphatic carbocycles. The summed E-state index contributed by atoms with van der Waals surface area (Å²) in [7, 11) is 2.13. The number of aliphatic hydroxyl groups is 1. The van der Waals surface area contributed by atoms with E-state index in [4.69, 9.17) is 0 Å². The molecule has 0 unspecified atom stereocenters. The summed E-state index contributed by atoms with van der Waals surface area (Å²) in [5.74, 6) is 0. The Morgan fingerprint density at radius 2 is 2.13 bits per heavy atom. The number of aryl methyl sites for hydroxylation is 2. The maximum atomic E-state index is 10.4. The van der Waals surface area contributed by atoms with Gasteiger partial charge in [-0.2, -0.15) is 0 Å². The number of hydrogen-bond acceptors (Lipinski definition) is 6. The molecule has 0 aromatic carbocycles. The van der Waals surface area contributed by atoms with E-state index < -0.39 is 0 Å². The van der Waals surface area contributed by atoms with Gasteiger partial charge >= 0.3 is 0 Å². The molecule has 1 N–H and O–H groups in total. The highest BCUT2D eigenvalue weighted by atomic mass is 32.1. The molecule has 0 spiro atoms. The molecule has 0 bridgehead atoms. The van der Waals surface area contributed by atoms with Gasteiger partial charge in [0, 0.05) is 42.0 Å². The molecule has 2 atom stereocenters. The third-order valence-electron chi connectivity index (χ3n) is 4.77. The number of rotatable bonds is 6. The van der Waals surface area contributed by atoms with Gasteiger partial charge in [0.1, 0.15) is 0 Å². The second-order valence-corrected chi connectivity index (χ2v) is 8.39. The lowest BCUT2D eigenvalue weighted by Gasteiger charge is -2.26. The first-order valence-corrected chi connectivity index (χ1v) is 9.83. The topological polar surface area (TPSA) is 39.6 Å². The molecule has 126 valence electrons. The lowest BCUT2D eigenvalue weighted by atomic mass is 10.2. The van der Waals surface area contributed by atoms with Gasteiger partial charge in [-0.1, -0.05) is 0 Å². The minimum absolute atomic E-state index is 0.225. The van der Waals surface area contributed by atoms with Gasteiger partial charge in [0.15, 0.2) is 0 Å². The molecule has 0 saturated carbocycles. The molecule has 23 heavy (non-hydrogen) atoms. The smallest absolute Gasteiger partial charge is 0.0834 e. The molecule has 0 radical (unpaired) electrons. The maximum Gasteiger partial charge on any atom is 0.0834 e. The van der Waals surface area contributed by atoms with Crippen LogP contribution >= 0.6 is 22.7 Å². The third-order valence-corrected chi connectivity index (χ3v) is 6.78. The summed E-state index contributed by atoms with van der Waals surface area (Å²) in [4.78, 5) is 11.8. The number of β-amino-alcohol motifs (C(OH)–C–C–N with tert-alkyl or cyclic N) is 1. The van der Waals surface area contributed by atoms with E-state index in [0.717, 1.165) is 38.3 Å². The number of likely N-dealkylation sites (N-methyl/N-ethyl adjacent to an activating group) is 1. The summed E-state index contributed by atoms with van der Waals surface area (Å²) < 4.78 is 0. The fourth-order valence-corrected chi connectivity index (χ4v) is 4.91. The van der Waals surface area contributed by atoms with Crippen LogP contribution in [0.5, 0.6) is 0 Å². The molecule has 6 heteroatoms. The van der Waals surface area contributed by atoms with Gasteiger partial charge in [-0.25, -0.2) is 4.98 Å². The lowest BCUT2D eigenvalue weighted by Crippen LogP contribution is -2.41. The van der Waals surface area contributed by atoms with E-state index in [1.807, 2.05) is 16.8 Å². The SMILES string of the molecule is Cc1ccsc1CN1C[C@H](O)[C@@H](N(C)CCc2scnc2C)C1. The quantitative estimate of drug-likeness (QED) is 0.868. The standard InChI is InChI=1S/C17H25N3OS2/c1-12-5-7-22-17(12)10-20-8-14(15(21)9-20)19(3)6-4-16-13(2)18-11-23-16/h5,7,11,14-15,21H,4,6,8-10H2,1-3H3/t14-,15-/m0/s1. The van der Waals surface area contributed by atoms with Crippen LogP contribution in [0.3, 0.4) is 0 Å².